The minimum atomic E-state index is 0.00598. The van der Waals surface area contributed by atoms with Crippen molar-refractivity contribution in [1.29, 1.82) is 5.41 Å². The molecule has 1 aromatic heterocycles. The molecule has 0 fully saturated rings. The van der Waals surface area contributed by atoms with E-state index < -0.39 is 0 Å². The molecule has 3 aromatic rings. The van der Waals surface area contributed by atoms with Crippen molar-refractivity contribution < 1.29 is 0 Å². The Morgan fingerprint density at radius 1 is 0.870 bits per heavy atom. The Balaban J connectivity index is 2.02. The molecule has 0 bridgehead atoms. The summed E-state index contributed by atoms with van der Waals surface area (Å²) in [4.78, 5) is 4.11. The van der Waals surface area contributed by atoms with Gasteiger partial charge in [-0.3, -0.25) is 5.41 Å². The van der Waals surface area contributed by atoms with Crippen molar-refractivity contribution in [1.82, 2.24) is 4.98 Å². The van der Waals surface area contributed by atoms with E-state index in [0.29, 0.717) is 22.8 Å². The maximum Gasteiger partial charge on any atom is 0.154 e. The minimum absolute atomic E-state index is 0.00598. The number of nitrogens with two attached hydrogens (primary N) is 3. The SMILES string of the molecule is N=C(N)c1ccc(N=Nc2c(N)nc(N)c3ccccc23)cc1. The van der Waals surface area contributed by atoms with Crippen LogP contribution in [0.3, 0.4) is 0 Å². The van der Waals surface area contributed by atoms with E-state index in [2.05, 4.69) is 15.2 Å². The average molecular weight is 305 g/mol. The number of nitrogen functional groups attached to an aromatic ring is 3. The van der Waals surface area contributed by atoms with Crippen molar-refractivity contribution in [3.8, 4) is 0 Å². The minimum Gasteiger partial charge on any atom is -0.384 e. The maximum absolute atomic E-state index is 7.37. The zero-order valence-corrected chi connectivity index (χ0v) is 12.2. The van der Waals surface area contributed by atoms with Gasteiger partial charge in [0.05, 0.1) is 5.69 Å². The van der Waals surface area contributed by atoms with Gasteiger partial charge in [-0.05, 0) is 24.3 Å². The lowest BCUT2D eigenvalue weighted by atomic mass is 10.1. The highest BCUT2D eigenvalue weighted by Crippen LogP contribution is 2.34. The Morgan fingerprint density at radius 3 is 2.17 bits per heavy atom. The molecule has 7 N–H and O–H groups in total. The van der Waals surface area contributed by atoms with Gasteiger partial charge in [0.1, 0.15) is 17.3 Å². The Labute approximate surface area is 132 Å². The average Bonchev–Trinajstić information content (AvgIpc) is 2.55. The van der Waals surface area contributed by atoms with E-state index >= 15 is 0 Å². The summed E-state index contributed by atoms with van der Waals surface area (Å²) in [6.07, 6.45) is 0. The van der Waals surface area contributed by atoms with E-state index in [1.807, 2.05) is 24.3 Å². The largest absolute Gasteiger partial charge is 0.384 e. The number of amidine groups is 1. The number of aromatic nitrogens is 1. The second-order valence-corrected chi connectivity index (χ2v) is 4.94. The van der Waals surface area contributed by atoms with Crippen LogP contribution in [-0.2, 0) is 0 Å². The molecule has 0 atom stereocenters. The van der Waals surface area contributed by atoms with Gasteiger partial charge in [0.15, 0.2) is 5.82 Å². The number of hydrogen-bond donors (Lipinski definition) is 4. The van der Waals surface area contributed by atoms with Crippen LogP contribution in [0.1, 0.15) is 5.56 Å². The molecule has 7 heteroatoms. The molecule has 23 heavy (non-hydrogen) atoms. The number of benzene rings is 2. The van der Waals surface area contributed by atoms with Crippen LogP contribution in [0.2, 0.25) is 0 Å². The molecule has 0 unspecified atom stereocenters. The number of azo groups is 1. The van der Waals surface area contributed by atoms with E-state index in [4.69, 9.17) is 22.6 Å². The number of rotatable bonds is 3. The fraction of sp³-hybridized carbons (Fsp3) is 0. The second-order valence-electron chi connectivity index (χ2n) is 4.94. The first-order chi connectivity index (χ1) is 11.1. The molecule has 3 rings (SSSR count). The van der Waals surface area contributed by atoms with Gasteiger partial charge in [0, 0.05) is 16.3 Å². The molecule has 0 aliphatic rings. The van der Waals surface area contributed by atoms with E-state index in [1.165, 1.54) is 0 Å². The van der Waals surface area contributed by atoms with Crippen LogP contribution in [-0.4, -0.2) is 10.8 Å². The Morgan fingerprint density at radius 2 is 1.52 bits per heavy atom. The van der Waals surface area contributed by atoms with Crippen molar-refractivity contribution in [3.05, 3.63) is 54.1 Å². The van der Waals surface area contributed by atoms with Gasteiger partial charge >= 0.3 is 0 Å². The highest BCUT2D eigenvalue weighted by atomic mass is 15.1. The van der Waals surface area contributed by atoms with Crippen molar-refractivity contribution in [2.45, 2.75) is 0 Å². The van der Waals surface area contributed by atoms with Gasteiger partial charge in [-0.15, -0.1) is 5.11 Å². The van der Waals surface area contributed by atoms with E-state index in [-0.39, 0.29) is 11.7 Å². The first-order valence-electron chi connectivity index (χ1n) is 6.86. The van der Waals surface area contributed by atoms with Crippen LogP contribution >= 0.6 is 0 Å². The summed E-state index contributed by atoms with van der Waals surface area (Å²) in [7, 11) is 0. The van der Waals surface area contributed by atoms with Gasteiger partial charge in [-0.25, -0.2) is 4.98 Å². The molecular weight excluding hydrogens is 290 g/mol. The molecular formula is C16H15N7. The van der Waals surface area contributed by atoms with Gasteiger partial charge in [-0.2, -0.15) is 5.11 Å². The molecule has 0 spiro atoms. The number of nitrogens with one attached hydrogen (secondary N) is 1. The summed E-state index contributed by atoms with van der Waals surface area (Å²) in [5, 5.41) is 17.3. The van der Waals surface area contributed by atoms with Crippen LogP contribution in [0.15, 0.2) is 58.8 Å². The monoisotopic (exact) mass is 305 g/mol. The number of nitrogens with zero attached hydrogens (tertiary/aromatic N) is 3. The topological polar surface area (TPSA) is 140 Å². The molecule has 0 radical (unpaired) electrons. The summed E-state index contributed by atoms with van der Waals surface area (Å²) >= 11 is 0. The van der Waals surface area contributed by atoms with Crippen molar-refractivity contribution in [2.75, 3.05) is 11.5 Å². The molecule has 0 saturated heterocycles. The van der Waals surface area contributed by atoms with E-state index in [1.54, 1.807) is 24.3 Å². The predicted molar refractivity (Wildman–Crippen MR) is 92.2 cm³/mol. The third-order valence-corrected chi connectivity index (χ3v) is 3.39. The van der Waals surface area contributed by atoms with Gasteiger partial charge in [-0.1, -0.05) is 24.3 Å². The maximum atomic E-state index is 7.37. The standard InChI is InChI=1S/C16H15N7/c17-14(18)9-5-7-10(8-6-9)22-23-13-11-3-1-2-4-12(11)15(19)21-16(13)20/h1-8H,(H3,17,18)(H4,19,20,21). The van der Waals surface area contributed by atoms with Crippen LogP contribution in [0, 0.1) is 5.41 Å². The van der Waals surface area contributed by atoms with Crippen LogP contribution in [0.25, 0.3) is 10.8 Å². The van der Waals surface area contributed by atoms with E-state index in [9.17, 15) is 0 Å². The summed E-state index contributed by atoms with van der Waals surface area (Å²) in [6, 6.07) is 14.3. The number of fused-ring (bicyclic) bond motifs is 1. The van der Waals surface area contributed by atoms with Gasteiger partial charge in [0.25, 0.3) is 0 Å². The number of anilines is 2. The Hall–Kier alpha value is -3.48. The first-order valence-corrected chi connectivity index (χ1v) is 6.86. The second kappa shape index (κ2) is 5.72. The summed E-state index contributed by atoms with van der Waals surface area (Å²) in [5.41, 5.74) is 19.0. The summed E-state index contributed by atoms with van der Waals surface area (Å²) in [5.74, 6) is 0.597. The predicted octanol–water partition coefficient (Wildman–Crippen LogP) is 3.10. The normalized spacial score (nSPS) is 11.1. The molecule has 0 amide bonds. The molecule has 0 saturated carbocycles. The lowest BCUT2D eigenvalue weighted by Crippen LogP contribution is -2.10. The first kappa shape index (κ1) is 14.5. The third kappa shape index (κ3) is 2.80. The van der Waals surface area contributed by atoms with Crippen LogP contribution < -0.4 is 17.2 Å². The smallest absolute Gasteiger partial charge is 0.154 e. The van der Waals surface area contributed by atoms with Gasteiger partial charge < -0.3 is 17.2 Å². The molecule has 0 aliphatic carbocycles. The highest BCUT2D eigenvalue weighted by molar-refractivity contribution is 6.02. The fourth-order valence-corrected chi connectivity index (χ4v) is 2.21. The van der Waals surface area contributed by atoms with E-state index in [0.717, 1.165) is 10.8 Å². The quantitative estimate of drug-likeness (QED) is 0.335. The molecule has 7 nitrogen and oxygen atoms in total. The molecule has 1 heterocycles. The Kier molecular flexibility index (Phi) is 3.60. The summed E-state index contributed by atoms with van der Waals surface area (Å²) < 4.78 is 0. The zero-order valence-electron chi connectivity index (χ0n) is 12.2. The van der Waals surface area contributed by atoms with Crippen molar-refractivity contribution >= 4 is 39.6 Å². The lowest BCUT2D eigenvalue weighted by Gasteiger charge is -2.06. The fourth-order valence-electron chi connectivity index (χ4n) is 2.21. The molecule has 0 aliphatic heterocycles. The van der Waals surface area contributed by atoms with Crippen molar-refractivity contribution in [3.63, 3.8) is 0 Å². The van der Waals surface area contributed by atoms with Crippen LogP contribution in [0.5, 0.6) is 0 Å². The third-order valence-electron chi connectivity index (χ3n) is 3.39. The Bertz CT molecular complexity index is 914. The lowest BCUT2D eigenvalue weighted by molar-refractivity contribution is 1.22. The van der Waals surface area contributed by atoms with Gasteiger partial charge in [0.2, 0.25) is 0 Å². The van der Waals surface area contributed by atoms with Crippen molar-refractivity contribution in [2.24, 2.45) is 16.0 Å². The van der Waals surface area contributed by atoms with Crippen LogP contribution in [0.4, 0.5) is 23.0 Å². The highest BCUT2D eigenvalue weighted by Gasteiger charge is 2.09. The zero-order chi connectivity index (χ0) is 16.4. The number of pyridine rings is 1. The molecule has 2 aromatic carbocycles. The number of hydrogen-bond acceptors (Lipinski definition) is 6. The summed E-state index contributed by atoms with van der Waals surface area (Å²) in [6.45, 7) is 0. The molecule has 114 valence electrons.